The lowest BCUT2D eigenvalue weighted by atomic mass is 9.71. The van der Waals surface area contributed by atoms with Crippen LogP contribution in [0.2, 0.25) is 0 Å². The van der Waals surface area contributed by atoms with Gasteiger partial charge in [-0.25, -0.2) is 0 Å². The molecule has 3 rings (SSSR count). The SMILES string of the molecule is CC1=CC(CCCI)C=C(OC(F)(F)C2CCC(C3CCCCC3)CC2)C=C1. The number of rotatable bonds is 7. The highest BCUT2D eigenvalue weighted by molar-refractivity contribution is 14.1. The molecule has 1 unspecified atom stereocenters. The summed E-state index contributed by atoms with van der Waals surface area (Å²) in [6, 6.07) is 0. The van der Waals surface area contributed by atoms with Crippen LogP contribution in [-0.2, 0) is 4.74 Å². The summed E-state index contributed by atoms with van der Waals surface area (Å²) >= 11 is 2.36. The number of halogens is 3. The summed E-state index contributed by atoms with van der Waals surface area (Å²) in [6.07, 6.45) is 16.4. The molecule has 158 valence electrons. The van der Waals surface area contributed by atoms with Crippen LogP contribution < -0.4 is 0 Å². The van der Waals surface area contributed by atoms with Crippen molar-refractivity contribution in [3.8, 4) is 0 Å². The van der Waals surface area contributed by atoms with Crippen molar-refractivity contribution in [2.24, 2.45) is 23.7 Å². The molecule has 2 saturated carbocycles. The zero-order valence-electron chi connectivity index (χ0n) is 17.1. The highest BCUT2D eigenvalue weighted by Gasteiger charge is 2.45. The molecule has 0 radical (unpaired) electrons. The van der Waals surface area contributed by atoms with Crippen molar-refractivity contribution in [2.45, 2.75) is 83.7 Å². The smallest absolute Gasteiger partial charge is 0.400 e. The molecule has 0 bridgehead atoms. The minimum Gasteiger partial charge on any atom is -0.433 e. The van der Waals surface area contributed by atoms with Crippen molar-refractivity contribution in [3.05, 3.63) is 35.6 Å². The molecule has 3 aliphatic rings. The van der Waals surface area contributed by atoms with Gasteiger partial charge in [-0.2, -0.15) is 8.78 Å². The molecule has 0 N–H and O–H groups in total. The Kier molecular flexibility index (Phi) is 8.43. The van der Waals surface area contributed by atoms with Crippen molar-refractivity contribution in [1.29, 1.82) is 0 Å². The summed E-state index contributed by atoms with van der Waals surface area (Å²) in [7, 11) is 0. The van der Waals surface area contributed by atoms with E-state index in [4.69, 9.17) is 4.74 Å². The summed E-state index contributed by atoms with van der Waals surface area (Å²) in [5.41, 5.74) is 1.12. The lowest BCUT2D eigenvalue weighted by Gasteiger charge is -2.38. The quantitative estimate of drug-likeness (QED) is 0.251. The number of hydrogen-bond donors (Lipinski definition) is 0. The predicted molar refractivity (Wildman–Crippen MR) is 121 cm³/mol. The molecule has 4 heteroatoms. The Hall–Kier alpha value is -0.390. The Morgan fingerprint density at radius 3 is 2.32 bits per heavy atom. The van der Waals surface area contributed by atoms with Gasteiger partial charge in [0.05, 0.1) is 5.92 Å². The Morgan fingerprint density at radius 1 is 0.964 bits per heavy atom. The third-order valence-electron chi connectivity index (χ3n) is 6.85. The van der Waals surface area contributed by atoms with E-state index < -0.39 is 12.0 Å². The van der Waals surface area contributed by atoms with E-state index in [1.54, 1.807) is 6.08 Å². The molecule has 0 aromatic heterocycles. The molecule has 0 aliphatic heterocycles. The molecule has 0 saturated heterocycles. The Labute approximate surface area is 183 Å². The van der Waals surface area contributed by atoms with Gasteiger partial charge in [0.15, 0.2) is 0 Å². The second kappa shape index (κ2) is 10.6. The second-order valence-electron chi connectivity index (χ2n) is 8.98. The fraction of sp³-hybridized carbons (Fsp3) is 0.750. The minimum atomic E-state index is -3.07. The highest BCUT2D eigenvalue weighted by atomic mass is 127. The largest absolute Gasteiger partial charge is 0.433 e. The summed E-state index contributed by atoms with van der Waals surface area (Å²) in [6.45, 7) is 2.02. The number of hydrogen-bond acceptors (Lipinski definition) is 1. The van der Waals surface area contributed by atoms with Gasteiger partial charge in [0, 0.05) is 0 Å². The molecule has 28 heavy (non-hydrogen) atoms. The van der Waals surface area contributed by atoms with Gasteiger partial charge < -0.3 is 4.74 Å². The van der Waals surface area contributed by atoms with Crippen LogP contribution in [0.1, 0.15) is 77.6 Å². The maximum Gasteiger partial charge on any atom is 0.400 e. The Bertz CT molecular complexity index is 581. The van der Waals surface area contributed by atoms with Crippen LogP contribution in [0, 0.1) is 23.7 Å². The summed E-state index contributed by atoms with van der Waals surface area (Å²) in [5, 5.41) is 0. The number of ether oxygens (including phenoxy) is 1. The van der Waals surface area contributed by atoms with Crippen molar-refractivity contribution in [3.63, 3.8) is 0 Å². The van der Waals surface area contributed by atoms with E-state index in [2.05, 4.69) is 28.7 Å². The molecule has 0 aromatic rings. The number of alkyl halides is 3. The van der Waals surface area contributed by atoms with Crippen LogP contribution in [0.15, 0.2) is 35.6 Å². The zero-order valence-corrected chi connectivity index (χ0v) is 19.3. The zero-order chi connectivity index (χ0) is 20.0. The molecule has 1 atom stereocenters. The molecule has 0 heterocycles. The topological polar surface area (TPSA) is 9.23 Å². The molecule has 0 aromatic carbocycles. The Balaban J connectivity index is 1.57. The first-order valence-electron chi connectivity index (χ1n) is 11.2. The average molecular weight is 504 g/mol. The maximum atomic E-state index is 15.0. The van der Waals surface area contributed by atoms with Gasteiger partial charge in [-0.3, -0.25) is 0 Å². The summed E-state index contributed by atoms with van der Waals surface area (Å²) in [4.78, 5) is 0. The summed E-state index contributed by atoms with van der Waals surface area (Å²) < 4.78 is 36.3. The van der Waals surface area contributed by atoms with Gasteiger partial charge in [-0.1, -0.05) is 72.4 Å². The molecule has 2 fully saturated rings. The fourth-order valence-electron chi connectivity index (χ4n) is 5.24. The van der Waals surface area contributed by atoms with Crippen LogP contribution in [0.3, 0.4) is 0 Å². The van der Waals surface area contributed by atoms with Gasteiger partial charge in [0.25, 0.3) is 0 Å². The van der Waals surface area contributed by atoms with Gasteiger partial charge in [-0.15, -0.1) is 0 Å². The van der Waals surface area contributed by atoms with Crippen molar-refractivity contribution in [1.82, 2.24) is 0 Å². The van der Waals surface area contributed by atoms with Gasteiger partial charge >= 0.3 is 6.11 Å². The van der Waals surface area contributed by atoms with Crippen LogP contribution in [0.25, 0.3) is 0 Å². The monoisotopic (exact) mass is 504 g/mol. The maximum absolute atomic E-state index is 15.0. The number of allylic oxidation sites excluding steroid dienone is 5. The highest BCUT2D eigenvalue weighted by Crippen LogP contribution is 2.45. The van der Waals surface area contributed by atoms with E-state index >= 15 is 0 Å². The normalized spacial score (nSPS) is 29.8. The van der Waals surface area contributed by atoms with Crippen LogP contribution in [0.5, 0.6) is 0 Å². The first kappa shape index (κ1) is 22.3. The van der Waals surface area contributed by atoms with Gasteiger partial charge in [0.2, 0.25) is 0 Å². The average Bonchev–Trinajstić information content (AvgIpc) is 2.87. The second-order valence-corrected chi connectivity index (χ2v) is 10.1. The lowest BCUT2D eigenvalue weighted by molar-refractivity contribution is -0.254. The minimum absolute atomic E-state index is 0.178. The summed E-state index contributed by atoms with van der Waals surface area (Å²) in [5.74, 6) is 1.31. The molecular weight excluding hydrogens is 469 g/mol. The van der Waals surface area contributed by atoms with Gasteiger partial charge in [-0.05, 0) is 79.8 Å². The van der Waals surface area contributed by atoms with E-state index in [0.717, 1.165) is 41.6 Å². The molecule has 0 amide bonds. The van der Waals surface area contributed by atoms with Crippen molar-refractivity contribution >= 4 is 22.6 Å². The van der Waals surface area contributed by atoms with E-state index in [1.165, 1.54) is 32.1 Å². The van der Waals surface area contributed by atoms with Crippen molar-refractivity contribution in [2.75, 3.05) is 4.43 Å². The third-order valence-corrected chi connectivity index (χ3v) is 7.62. The van der Waals surface area contributed by atoms with Gasteiger partial charge in [0.1, 0.15) is 5.76 Å². The third kappa shape index (κ3) is 6.30. The van der Waals surface area contributed by atoms with Crippen LogP contribution in [0.4, 0.5) is 8.78 Å². The lowest BCUT2D eigenvalue weighted by Crippen LogP contribution is -2.35. The van der Waals surface area contributed by atoms with E-state index in [9.17, 15) is 8.78 Å². The first-order valence-corrected chi connectivity index (χ1v) is 12.7. The van der Waals surface area contributed by atoms with Crippen LogP contribution >= 0.6 is 22.6 Å². The van der Waals surface area contributed by atoms with E-state index in [-0.39, 0.29) is 5.92 Å². The van der Waals surface area contributed by atoms with Crippen LogP contribution in [-0.4, -0.2) is 10.5 Å². The standard InChI is InChI=1S/C24H35F2IO/c1-18-9-14-23(17-19(16-18)6-5-15-27)28-24(25,26)22-12-10-21(11-13-22)20-7-3-2-4-8-20/h9,14,16-17,19-22H,2-8,10-13,15H2,1H3. The molecule has 0 spiro atoms. The van der Waals surface area contributed by atoms with Crippen molar-refractivity contribution < 1.29 is 13.5 Å². The molecular formula is C24H35F2IO. The van der Waals surface area contributed by atoms with E-state index in [1.807, 2.05) is 19.1 Å². The fourth-order valence-corrected chi connectivity index (χ4v) is 5.68. The Morgan fingerprint density at radius 2 is 1.64 bits per heavy atom. The first-order chi connectivity index (χ1) is 13.5. The van der Waals surface area contributed by atoms with E-state index in [0.29, 0.717) is 24.5 Å². The molecule has 1 nitrogen and oxygen atoms in total. The predicted octanol–water partition coefficient (Wildman–Crippen LogP) is 8.21. The molecule has 3 aliphatic carbocycles.